The van der Waals surface area contributed by atoms with E-state index in [0.29, 0.717) is 0 Å². The Balaban J connectivity index is 2.23. The van der Waals surface area contributed by atoms with Gasteiger partial charge in [0.05, 0.1) is 0 Å². The summed E-state index contributed by atoms with van der Waals surface area (Å²) in [6.07, 6.45) is 0. The summed E-state index contributed by atoms with van der Waals surface area (Å²) in [6, 6.07) is 13.6. The molecule has 0 unspecified atom stereocenters. The van der Waals surface area contributed by atoms with Crippen LogP contribution in [0.4, 0.5) is 5.69 Å². The Labute approximate surface area is 112 Å². The van der Waals surface area contributed by atoms with Crippen molar-refractivity contribution in [3.63, 3.8) is 0 Å². The minimum Gasteiger partial charge on any atom is -0.399 e. The molecule has 0 bridgehead atoms. The summed E-state index contributed by atoms with van der Waals surface area (Å²) >= 11 is 11.0. The molecule has 0 atom stereocenters. The van der Waals surface area contributed by atoms with Crippen molar-refractivity contribution >= 4 is 45.0 Å². The highest BCUT2D eigenvalue weighted by atomic mass is 79.9. The Morgan fingerprint density at radius 2 is 1.75 bits per heavy atom. The number of halogens is 2. The Morgan fingerprint density at radius 3 is 2.38 bits per heavy atom. The Morgan fingerprint density at radius 1 is 1.06 bits per heavy atom. The molecule has 82 valence electrons. The summed E-state index contributed by atoms with van der Waals surface area (Å²) in [6.45, 7) is 0. The van der Waals surface area contributed by atoms with Crippen molar-refractivity contribution < 1.29 is 0 Å². The van der Waals surface area contributed by atoms with Crippen LogP contribution >= 0.6 is 39.3 Å². The van der Waals surface area contributed by atoms with E-state index < -0.39 is 0 Å². The fraction of sp³-hybridized carbons (Fsp3) is 0. The maximum atomic E-state index is 5.88. The maximum Gasteiger partial charge on any atom is 0.0418 e. The van der Waals surface area contributed by atoms with Gasteiger partial charge in [-0.1, -0.05) is 23.4 Å². The Bertz CT molecular complexity index is 499. The summed E-state index contributed by atoms with van der Waals surface area (Å²) in [5, 5.41) is 0.730. The van der Waals surface area contributed by atoms with Gasteiger partial charge in [-0.05, 0) is 58.4 Å². The monoisotopic (exact) mass is 313 g/mol. The fourth-order valence-corrected chi connectivity index (χ4v) is 2.96. The van der Waals surface area contributed by atoms with Gasteiger partial charge in [-0.25, -0.2) is 0 Å². The van der Waals surface area contributed by atoms with E-state index in [9.17, 15) is 0 Å². The molecule has 0 aliphatic carbocycles. The van der Waals surface area contributed by atoms with Gasteiger partial charge in [0, 0.05) is 25.0 Å². The maximum absolute atomic E-state index is 5.88. The van der Waals surface area contributed by atoms with E-state index in [2.05, 4.69) is 15.9 Å². The van der Waals surface area contributed by atoms with Crippen LogP contribution in [0.25, 0.3) is 0 Å². The molecular weight excluding hydrogens is 306 g/mol. The molecule has 0 aliphatic heterocycles. The predicted octanol–water partition coefficient (Wildman–Crippen LogP) is 4.84. The first-order chi connectivity index (χ1) is 7.65. The summed E-state index contributed by atoms with van der Waals surface area (Å²) in [5.74, 6) is 0. The number of anilines is 1. The summed E-state index contributed by atoms with van der Waals surface area (Å²) < 4.78 is 1.00. The van der Waals surface area contributed by atoms with Gasteiger partial charge in [-0.15, -0.1) is 0 Å². The Kier molecular flexibility index (Phi) is 3.79. The molecule has 2 rings (SSSR count). The number of nitrogen functional groups attached to an aromatic ring is 1. The third-order valence-corrected chi connectivity index (χ3v) is 4.24. The molecule has 0 spiro atoms. The SMILES string of the molecule is Nc1ccc(Sc2ccc(Cl)cc2Br)cc1. The van der Waals surface area contributed by atoms with Crippen LogP contribution in [-0.2, 0) is 0 Å². The molecule has 0 fully saturated rings. The lowest BCUT2D eigenvalue weighted by Gasteiger charge is -2.05. The largest absolute Gasteiger partial charge is 0.399 e. The van der Waals surface area contributed by atoms with E-state index in [1.165, 1.54) is 0 Å². The first-order valence-electron chi connectivity index (χ1n) is 4.63. The summed E-state index contributed by atoms with van der Waals surface area (Å²) in [5.41, 5.74) is 6.41. The van der Waals surface area contributed by atoms with E-state index in [0.717, 1.165) is 25.0 Å². The highest BCUT2D eigenvalue weighted by molar-refractivity contribution is 9.10. The van der Waals surface area contributed by atoms with E-state index in [4.69, 9.17) is 17.3 Å². The average molecular weight is 315 g/mol. The Hall–Kier alpha value is -0.640. The third-order valence-electron chi connectivity index (χ3n) is 2.00. The van der Waals surface area contributed by atoms with Crippen molar-refractivity contribution in [3.05, 3.63) is 52.0 Å². The molecule has 4 heteroatoms. The van der Waals surface area contributed by atoms with Crippen molar-refractivity contribution in [2.45, 2.75) is 9.79 Å². The van der Waals surface area contributed by atoms with Crippen LogP contribution in [0.5, 0.6) is 0 Å². The summed E-state index contributed by atoms with van der Waals surface area (Å²) in [7, 11) is 0. The van der Waals surface area contributed by atoms with Gasteiger partial charge in [0.1, 0.15) is 0 Å². The van der Waals surface area contributed by atoms with Gasteiger partial charge < -0.3 is 5.73 Å². The van der Waals surface area contributed by atoms with Crippen molar-refractivity contribution in [2.75, 3.05) is 5.73 Å². The van der Waals surface area contributed by atoms with E-state index in [-0.39, 0.29) is 0 Å². The number of rotatable bonds is 2. The van der Waals surface area contributed by atoms with E-state index in [1.807, 2.05) is 42.5 Å². The molecule has 0 saturated heterocycles. The molecule has 0 aliphatic rings. The zero-order valence-corrected chi connectivity index (χ0v) is 11.4. The van der Waals surface area contributed by atoms with Crippen molar-refractivity contribution in [1.82, 2.24) is 0 Å². The van der Waals surface area contributed by atoms with Gasteiger partial charge in [0.15, 0.2) is 0 Å². The standard InChI is InChI=1S/C12H9BrClNS/c13-11-7-8(14)1-6-12(11)16-10-4-2-9(15)3-5-10/h1-7H,15H2. The second-order valence-corrected chi connectivity index (χ2v) is 5.65. The zero-order chi connectivity index (χ0) is 11.5. The van der Waals surface area contributed by atoms with E-state index >= 15 is 0 Å². The second-order valence-electron chi connectivity index (χ2n) is 3.25. The predicted molar refractivity (Wildman–Crippen MR) is 74.1 cm³/mol. The molecule has 0 amide bonds. The number of hydrogen-bond donors (Lipinski definition) is 1. The van der Waals surface area contributed by atoms with Crippen LogP contribution in [0, 0.1) is 0 Å². The van der Waals surface area contributed by atoms with Crippen LogP contribution in [0.15, 0.2) is 56.7 Å². The number of nitrogens with two attached hydrogens (primary N) is 1. The summed E-state index contributed by atoms with van der Waals surface area (Å²) in [4.78, 5) is 2.28. The molecule has 0 heterocycles. The van der Waals surface area contributed by atoms with Crippen LogP contribution in [-0.4, -0.2) is 0 Å². The van der Waals surface area contributed by atoms with E-state index in [1.54, 1.807) is 11.8 Å². The molecular formula is C12H9BrClNS. The van der Waals surface area contributed by atoms with Crippen LogP contribution in [0.2, 0.25) is 5.02 Å². The highest BCUT2D eigenvalue weighted by Crippen LogP contribution is 2.35. The lowest BCUT2D eigenvalue weighted by Crippen LogP contribution is -1.82. The first kappa shape index (κ1) is 11.8. The van der Waals surface area contributed by atoms with Crippen molar-refractivity contribution in [2.24, 2.45) is 0 Å². The highest BCUT2D eigenvalue weighted by Gasteiger charge is 2.02. The van der Waals surface area contributed by atoms with Gasteiger partial charge in [0.25, 0.3) is 0 Å². The van der Waals surface area contributed by atoms with Gasteiger partial charge in [-0.3, -0.25) is 0 Å². The minimum absolute atomic E-state index is 0.730. The molecule has 16 heavy (non-hydrogen) atoms. The van der Waals surface area contributed by atoms with Gasteiger partial charge in [0.2, 0.25) is 0 Å². The first-order valence-corrected chi connectivity index (χ1v) is 6.62. The topological polar surface area (TPSA) is 26.0 Å². The van der Waals surface area contributed by atoms with Gasteiger partial charge in [-0.2, -0.15) is 0 Å². The fourth-order valence-electron chi connectivity index (χ4n) is 1.22. The lowest BCUT2D eigenvalue weighted by molar-refractivity contribution is 1.37. The lowest BCUT2D eigenvalue weighted by atomic mass is 10.3. The minimum atomic E-state index is 0.730. The van der Waals surface area contributed by atoms with Crippen LogP contribution in [0.3, 0.4) is 0 Å². The molecule has 2 aromatic carbocycles. The molecule has 2 N–H and O–H groups in total. The number of hydrogen-bond acceptors (Lipinski definition) is 2. The molecule has 0 radical (unpaired) electrons. The molecule has 0 saturated carbocycles. The average Bonchev–Trinajstić information content (AvgIpc) is 2.25. The molecule has 1 nitrogen and oxygen atoms in total. The molecule has 0 aromatic heterocycles. The smallest absolute Gasteiger partial charge is 0.0418 e. The van der Waals surface area contributed by atoms with Crippen LogP contribution < -0.4 is 5.73 Å². The van der Waals surface area contributed by atoms with Crippen LogP contribution in [0.1, 0.15) is 0 Å². The van der Waals surface area contributed by atoms with Crippen molar-refractivity contribution in [3.8, 4) is 0 Å². The van der Waals surface area contributed by atoms with Gasteiger partial charge >= 0.3 is 0 Å². The number of benzene rings is 2. The molecule has 2 aromatic rings. The second kappa shape index (κ2) is 5.13. The normalized spacial score (nSPS) is 10.4. The zero-order valence-electron chi connectivity index (χ0n) is 8.28. The third kappa shape index (κ3) is 2.94. The quantitative estimate of drug-likeness (QED) is 0.803. The van der Waals surface area contributed by atoms with Crippen molar-refractivity contribution in [1.29, 1.82) is 0 Å².